The van der Waals surface area contributed by atoms with E-state index in [1.165, 1.54) is 49.4 Å². The zero-order valence-corrected chi connectivity index (χ0v) is 20.6. The number of terminal acetylenes is 1. The molecule has 0 spiro atoms. The third-order valence-electron chi connectivity index (χ3n) is 5.47. The second kappa shape index (κ2) is 12.8. The van der Waals surface area contributed by atoms with Crippen LogP contribution in [0, 0.1) is 24.5 Å². The Bertz CT molecular complexity index is 1130. The van der Waals surface area contributed by atoms with E-state index in [1.807, 2.05) is 0 Å². The molecule has 2 aromatic carbocycles. The number of halogens is 3. The summed E-state index contributed by atoms with van der Waals surface area (Å²) in [5.74, 6) is -3.24. The Morgan fingerprint density at radius 3 is 2.11 bits per heavy atom. The molecular formula is C28H30F3NO4. The molecular weight excluding hydrogens is 471 g/mol. The molecule has 2 heterocycles. The molecule has 5 nitrogen and oxygen atoms in total. The van der Waals surface area contributed by atoms with E-state index in [2.05, 4.69) is 12.8 Å². The van der Waals surface area contributed by atoms with Gasteiger partial charge in [-0.1, -0.05) is 6.08 Å². The van der Waals surface area contributed by atoms with Crippen molar-refractivity contribution < 1.29 is 32.5 Å². The van der Waals surface area contributed by atoms with Crippen molar-refractivity contribution >= 4 is 5.91 Å². The average Bonchev–Trinajstić information content (AvgIpc) is 3.52. The number of aliphatic hydroxyl groups is 1. The Balaban J connectivity index is 0.000000850. The van der Waals surface area contributed by atoms with Gasteiger partial charge in [0.15, 0.2) is 11.5 Å². The molecule has 2 aromatic rings. The third-order valence-corrected chi connectivity index (χ3v) is 5.47. The first kappa shape index (κ1) is 28.5. The smallest absolute Gasteiger partial charge is 0.301 e. The van der Waals surface area contributed by atoms with Crippen LogP contribution in [0.5, 0.6) is 11.5 Å². The van der Waals surface area contributed by atoms with Gasteiger partial charge in [-0.3, -0.25) is 4.79 Å². The number of benzene rings is 2. The topological polar surface area (TPSA) is 59.0 Å². The number of amides is 1. The van der Waals surface area contributed by atoms with Crippen molar-refractivity contribution in [2.45, 2.75) is 39.4 Å². The number of hydrogen-bond acceptors (Lipinski definition) is 4. The van der Waals surface area contributed by atoms with E-state index < -0.39 is 29.2 Å². The van der Waals surface area contributed by atoms with E-state index in [4.69, 9.17) is 14.6 Å². The van der Waals surface area contributed by atoms with Crippen LogP contribution in [0.15, 0.2) is 60.0 Å². The van der Waals surface area contributed by atoms with Crippen LogP contribution in [0.25, 0.3) is 0 Å². The Morgan fingerprint density at radius 1 is 1.06 bits per heavy atom. The minimum atomic E-state index is -1.55. The lowest BCUT2D eigenvalue weighted by atomic mass is 9.97. The predicted octanol–water partition coefficient (Wildman–Crippen LogP) is 5.89. The van der Waals surface area contributed by atoms with Crippen molar-refractivity contribution in [3.8, 4) is 24.3 Å². The number of carbonyl (C=O) groups is 1. The summed E-state index contributed by atoms with van der Waals surface area (Å²) in [5.41, 5.74) is 0.803. The molecule has 1 unspecified atom stereocenters. The van der Waals surface area contributed by atoms with Crippen LogP contribution in [0.2, 0.25) is 0 Å². The fourth-order valence-electron chi connectivity index (χ4n) is 3.80. The van der Waals surface area contributed by atoms with Gasteiger partial charge < -0.3 is 19.5 Å². The number of carbonyl (C=O) groups excluding carboxylic acids is 1. The Hall–Kier alpha value is -3.70. The van der Waals surface area contributed by atoms with E-state index in [0.29, 0.717) is 24.2 Å². The molecule has 8 heteroatoms. The summed E-state index contributed by atoms with van der Waals surface area (Å²) >= 11 is 0. The lowest BCUT2D eigenvalue weighted by Gasteiger charge is -2.29. The zero-order chi connectivity index (χ0) is 26.9. The molecule has 4 rings (SSSR count). The van der Waals surface area contributed by atoms with Gasteiger partial charge in [-0.15, -0.1) is 12.8 Å². The molecule has 1 atom stereocenters. The van der Waals surface area contributed by atoms with Crippen LogP contribution in [0.4, 0.5) is 13.2 Å². The van der Waals surface area contributed by atoms with Gasteiger partial charge >= 0.3 is 5.79 Å². The quantitative estimate of drug-likeness (QED) is 0.419. The van der Waals surface area contributed by atoms with E-state index >= 15 is 0 Å². The van der Waals surface area contributed by atoms with Gasteiger partial charge in [0.25, 0.3) is 5.91 Å². The number of ether oxygens (including phenoxy) is 2. The first-order valence-electron chi connectivity index (χ1n) is 11.4. The highest BCUT2D eigenvalue weighted by molar-refractivity contribution is 5.95. The van der Waals surface area contributed by atoms with E-state index in [9.17, 15) is 18.0 Å². The van der Waals surface area contributed by atoms with Crippen LogP contribution in [0.1, 0.15) is 49.5 Å². The molecule has 1 amide bonds. The fraction of sp³-hybridized carbons (Fsp3) is 0.321. The van der Waals surface area contributed by atoms with E-state index in [-0.39, 0.29) is 23.7 Å². The van der Waals surface area contributed by atoms with Gasteiger partial charge in [0.1, 0.15) is 11.6 Å². The van der Waals surface area contributed by atoms with Crippen LogP contribution in [0.3, 0.4) is 0 Å². The minimum absolute atomic E-state index is 0.0970. The van der Waals surface area contributed by atoms with Gasteiger partial charge in [0, 0.05) is 36.9 Å². The third kappa shape index (κ3) is 6.29. The standard InChI is InChI=1S/C24H22F3NO3.C2H6O.C2H2/c1-15(5-6-16(2)25)24(17-7-9-18(26)10-8-17)30-21-13-19(20(27)14-22(21)31-24)23(29)28-11-3-4-12-28;1-2-3;1-2/h5-10,13-14H,3-4,11-12H2,1-2H3;3H,2H2,1H3;1-2H/b15-5+,16-6+;;. The van der Waals surface area contributed by atoms with Gasteiger partial charge in [-0.25, -0.2) is 13.2 Å². The Labute approximate surface area is 209 Å². The molecule has 1 saturated heterocycles. The summed E-state index contributed by atoms with van der Waals surface area (Å²) in [6, 6.07) is 7.92. The van der Waals surface area contributed by atoms with Gasteiger partial charge in [0.2, 0.25) is 0 Å². The van der Waals surface area contributed by atoms with Gasteiger partial charge in [-0.05, 0) is 70.0 Å². The number of fused-ring (bicyclic) bond motifs is 1. The van der Waals surface area contributed by atoms with Crippen LogP contribution < -0.4 is 9.47 Å². The van der Waals surface area contributed by atoms with Crippen LogP contribution >= 0.6 is 0 Å². The van der Waals surface area contributed by atoms with Gasteiger partial charge in [0.05, 0.1) is 11.4 Å². The first-order valence-corrected chi connectivity index (χ1v) is 11.4. The van der Waals surface area contributed by atoms with Gasteiger partial charge in [-0.2, -0.15) is 0 Å². The van der Waals surface area contributed by atoms with E-state index in [0.717, 1.165) is 18.9 Å². The molecule has 0 bridgehead atoms. The Kier molecular flexibility index (Phi) is 10.2. The van der Waals surface area contributed by atoms with Crippen molar-refractivity contribution in [1.29, 1.82) is 0 Å². The maximum absolute atomic E-state index is 14.8. The van der Waals surface area contributed by atoms with Crippen molar-refractivity contribution in [1.82, 2.24) is 4.90 Å². The van der Waals surface area contributed by atoms with Crippen LogP contribution in [-0.2, 0) is 5.79 Å². The summed E-state index contributed by atoms with van der Waals surface area (Å²) in [6.45, 7) is 6.07. The molecule has 0 saturated carbocycles. The Morgan fingerprint density at radius 2 is 1.58 bits per heavy atom. The second-order valence-electron chi connectivity index (χ2n) is 8.03. The lowest BCUT2D eigenvalue weighted by molar-refractivity contribution is -0.0499. The predicted molar refractivity (Wildman–Crippen MR) is 132 cm³/mol. The lowest BCUT2D eigenvalue weighted by Crippen LogP contribution is -2.36. The minimum Gasteiger partial charge on any atom is -0.441 e. The number of nitrogens with zero attached hydrogens (tertiary/aromatic N) is 1. The van der Waals surface area contributed by atoms with Crippen molar-refractivity contribution in [3.63, 3.8) is 0 Å². The second-order valence-corrected chi connectivity index (χ2v) is 8.03. The number of hydrogen-bond donors (Lipinski definition) is 1. The fourth-order valence-corrected chi connectivity index (χ4v) is 3.80. The monoisotopic (exact) mass is 501 g/mol. The molecule has 1 fully saturated rings. The first-order chi connectivity index (χ1) is 17.2. The summed E-state index contributed by atoms with van der Waals surface area (Å²) in [4.78, 5) is 14.3. The SMILES string of the molecule is C#C.C/C(F)=C\C=C(/C)C1(c2ccc(F)cc2)Oc2cc(F)c(C(=O)N3CCCC3)cc2O1.CCO. The molecule has 0 aromatic heterocycles. The normalized spacial score (nSPS) is 18.6. The molecule has 2 aliphatic rings. The number of likely N-dealkylation sites (tertiary alicyclic amines) is 1. The van der Waals surface area contributed by atoms with Crippen molar-refractivity contribution in [2.75, 3.05) is 19.7 Å². The number of allylic oxidation sites excluding steroid dienone is 3. The number of aliphatic hydroxyl groups excluding tert-OH is 1. The summed E-state index contributed by atoms with van der Waals surface area (Å²) in [7, 11) is 0. The summed E-state index contributed by atoms with van der Waals surface area (Å²) in [5, 5.41) is 7.57. The average molecular weight is 502 g/mol. The van der Waals surface area contributed by atoms with Crippen LogP contribution in [-0.4, -0.2) is 35.6 Å². The maximum Gasteiger partial charge on any atom is 0.301 e. The van der Waals surface area contributed by atoms with E-state index in [1.54, 1.807) is 18.7 Å². The highest BCUT2D eigenvalue weighted by Crippen LogP contribution is 2.48. The number of rotatable bonds is 4. The summed E-state index contributed by atoms with van der Waals surface area (Å²) in [6.07, 6.45) is 12.5. The molecule has 2 aliphatic heterocycles. The highest BCUT2D eigenvalue weighted by atomic mass is 19.1. The highest BCUT2D eigenvalue weighted by Gasteiger charge is 2.46. The summed E-state index contributed by atoms with van der Waals surface area (Å²) < 4.78 is 53.8. The molecule has 192 valence electrons. The molecule has 0 aliphatic carbocycles. The molecule has 36 heavy (non-hydrogen) atoms. The maximum atomic E-state index is 14.8. The zero-order valence-electron chi connectivity index (χ0n) is 20.6. The largest absolute Gasteiger partial charge is 0.441 e. The molecule has 1 N–H and O–H groups in total. The molecule has 0 radical (unpaired) electrons. The van der Waals surface area contributed by atoms with Crippen molar-refractivity contribution in [3.05, 3.63) is 82.7 Å². The van der Waals surface area contributed by atoms with Crippen molar-refractivity contribution in [2.24, 2.45) is 0 Å².